The third-order valence-corrected chi connectivity index (χ3v) is 4.12. The van der Waals surface area contributed by atoms with Crippen molar-refractivity contribution in [3.05, 3.63) is 77.9 Å². The Hall–Kier alpha value is -3.22. The monoisotopic (exact) mass is 349 g/mol. The van der Waals surface area contributed by atoms with E-state index >= 15 is 0 Å². The lowest BCUT2D eigenvalue weighted by molar-refractivity contribution is -0.117. The maximum absolute atomic E-state index is 12.3. The summed E-state index contributed by atoms with van der Waals surface area (Å²) in [6.45, 7) is 0. The van der Waals surface area contributed by atoms with Gasteiger partial charge in [0.1, 0.15) is 0 Å². The largest absolute Gasteiger partial charge is 0.325 e. The van der Waals surface area contributed by atoms with Crippen LogP contribution in [0.4, 0.5) is 5.69 Å². The van der Waals surface area contributed by atoms with Gasteiger partial charge < -0.3 is 11.1 Å². The van der Waals surface area contributed by atoms with Gasteiger partial charge in [0, 0.05) is 11.3 Å². The SMILES string of the molecule is N[C@@H](Cc1ccc2ccccc2c1)C(=O)Nc1ccc(C(=O)NO)cc1. The molecule has 1 atom stereocenters. The highest BCUT2D eigenvalue weighted by molar-refractivity contribution is 5.97. The number of benzene rings is 3. The highest BCUT2D eigenvalue weighted by atomic mass is 16.5. The molecule has 2 amide bonds. The summed E-state index contributed by atoms with van der Waals surface area (Å²) in [5, 5.41) is 13.6. The average molecular weight is 349 g/mol. The average Bonchev–Trinajstić information content (AvgIpc) is 2.67. The quantitative estimate of drug-likeness (QED) is 0.419. The molecule has 0 radical (unpaired) electrons. The summed E-state index contributed by atoms with van der Waals surface area (Å²) in [5.74, 6) is -0.923. The van der Waals surface area contributed by atoms with E-state index in [0.717, 1.165) is 16.3 Å². The Morgan fingerprint density at radius 1 is 0.962 bits per heavy atom. The van der Waals surface area contributed by atoms with Gasteiger partial charge in [-0.25, -0.2) is 5.48 Å². The van der Waals surface area contributed by atoms with Gasteiger partial charge in [-0.15, -0.1) is 0 Å². The zero-order valence-corrected chi connectivity index (χ0v) is 14.0. The van der Waals surface area contributed by atoms with Crippen molar-refractivity contribution in [1.82, 2.24) is 5.48 Å². The summed E-state index contributed by atoms with van der Waals surface area (Å²) in [4.78, 5) is 23.6. The van der Waals surface area contributed by atoms with Crippen molar-refractivity contribution < 1.29 is 14.8 Å². The first-order valence-electron chi connectivity index (χ1n) is 8.15. The maximum atomic E-state index is 12.3. The van der Waals surface area contributed by atoms with E-state index in [-0.39, 0.29) is 11.5 Å². The summed E-state index contributed by atoms with van der Waals surface area (Å²) in [6.07, 6.45) is 0.418. The lowest BCUT2D eigenvalue weighted by Crippen LogP contribution is -2.37. The van der Waals surface area contributed by atoms with Crippen LogP contribution in [0.2, 0.25) is 0 Å². The minimum Gasteiger partial charge on any atom is -0.325 e. The van der Waals surface area contributed by atoms with Crippen molar-refractivity contribution >= 4 is 28.3 Å². The fourth-order valence-corrected chi connectivity index (χ4v) is 2.72. The number of nitrogens with two attached hydrogens (primary N) is 1. The van der Waals surface area contributed by atoms with Gasteiger partial charge in [-0.2, -0.15) is 0 Å². The molecule has 3 aromatic rings. The summed E-state index contributed by atoms with van der Waals surface area (Å²) < 4.78 is 0. The van der Waals surface area contributed by atoms with E-state index in [1.807, 2.05) is 42.5 Å². The maximum Gasteiger partial charge on any atom is 0.274 e. The molecule has 0 aliphatic rings. The summed E-state index contributed by atoms with van der Waals surface area (Å²) in [7, 11) is 0. The molecule has 0 saturated heterocycles. The van der Waals surface area contributed by atoms with E-state index < -0.39 is 11.9 Å². The fourth-order valence-electron chi connectivity index (χ4n) is 2.72. The molecule has 0 aliphatic heterocycles. The first-order valence-corrected chi connectivity index (χ1v) is 8.15. The molecular formula is C20H19N3O3. The van der Waals surface area contributed by atoms with Gasteiger partial charge in [-0.1, -0.05) is 42.5 Å². The number of hydrogen-bond acceptors (Lipinski definition) is 4. The molecule has 0 aromatic heterocycles. The van der Waals surface area contributed by atoms with Crippen LogP contribution < -0.4 is 16.5 Å². The smallest absolute Gasteiger partial charge is 0.274 e. The molecule has 0 unspecified atom stereocenters. The second kappa shape index (κ2) is 7.77. The predicted octanol–water partition coefficient (Wildman–Crippen LogP) is 2.47. The van der Waals surface area contributed by atoms with Crippen LogP contribution in [0, 0.1) is 0 Å². The molecule has 0 heterocycles. The lowest BCUT2D eigenvalue weighted by atomic mass is 10.0. The predicted molar refractivity (Wildman–Crippen MR) is 100.0 cm³/mol. The molecule has 0 spiro atoms. The van der Waals surface area contributed by atoms with E-state index in [0.29, 0.717) is 12.1 Å². The number of carbonyl (C=O) groups is 2. The minimum atomic E-state index is -0.698. The second-order valence-electron chi connectivity index (χ2n) is 6.00. The van der Waals surface area contributed by atoms with Crippen molar-refractivity contribution in [2.45, 2.75) is 12.5 Å². The van der Waals surface area contributed by atoms with Gasteiger partial charge in [-0.3, -0.25) is 14.8 Å². The van der Waals surface area contributed by atoms with Crippen molar-refractivity contribution in [3.63, 3.8) is 0 Å². The molecule has 0 bridgehead atoms. The van der Waals surface area contributed by atoms with Crippen LogP contribution in [-0.2, 0) is 11.2 Å². The normalized spacial score (nSPS) is 11.8. The highest BCUT2D eigenvalue weighted by Gasteiger charge is 2.15. The fraction of sp³-hybridized carbons (Fsp3) is 0.100. The zero-order chi connectivity index (χ0) is 18.5. The Labute approximate surface area is 150 Å². The Morgan fingerprint density at radius 2 is 1.65 bits per heavy atom. The Kier molecular flexibility index (Phi) is 5.26. The summed E-state index contributed by atoms with van der Waals surface area (Å²) in [6, 6.07) is 19.5. The number of amides is 2. The van der Waals surface area contributed by atoms with E-state index in [1.165, 1.54) is 12.1 Å². The molecular weight excluding hydrogens is 330 g/mol. The number of anilines is 1. The second-order valence-corrected chi connectivity index (χ2v) is 6.00. The van der Waals surface area contributed by atoms with Gasteiger partial charge in [-0.05, 0) is 47.0 Å². The van der Waals surface area contributed by atoms with Crippen molar-refractivity contribution in [1.29, 1.82) is 0 Å². The van der Waals surface area contributed by atoms with E-state index in [9.17, 15) is 9.59 Å². The molecule has 26 heavy (non-hydrogen) atoms. The molecule has 3 rings (SSSR count). The van der Waals surface area contributed by atoms with Crippen LogP contribution >= 0.6 is 0 Å². The molecule has 0 saturated carbocycles. The van der Waals surface area contributed by atoms with Crippen LogP contribution in [0.15, 0.2) is 66.7 Å². The first-order chi connectivity index (χ1) is 12.6. The molecule has 5 N–H and O–H groups in total. The summed E-state index contributed by atoms with van der Waals surface area (Å²) in [5.41, 5.74) is 9.38. The zero-order valence-electron chi connectivity index (χ0n) is 14.0. The third kappa shape index (κ3) is 4.05. The lowest BCUT2D eigenvalue weighted by Gasteiger charge is -2.13. The number of hydrogen-bond donors (Lipinski definition) is 4. The van der Waals surface area contributed by atoms with Crippen LogP contribution in [0.5, 0.6) is 0 Å². The number of carbonyl (C=O) groups excluding carboxylic acids is 2. The van der Waals surface area contributed by atoms with Crippen molar-refractivity contribution in [3.8, 4) is 0 Å². The van der Waals surface area contributed by atoms with Gasteiger partial charge in [0.25, 0.3) is 5.91 Å². The molecule has 6 nitrogen and oxygen atoms in total. The molecule has 0 fully saturated rings. The Morgan fingerprint density at radius 3 is 2.35 bits per heavy atom. The number of rotatable bonds is 5. The van der Waals surface area contributed by atoms with Crippen LogP contribution in [0.3, 0.4) is 0 Å². The van der Waals surface area contributed by atoms with E-state index in [2.05, 4.69) is 5.32 Å². The standard InChI is InChI=1S/C20H19N3O3/c21-18(12-13-5-6-14-3-1-2-4-16(14)11-13)20(25)22-17-9-7-15(8-10-17)19(24)23-26/h1-11,18,26H,12,21H2,(H,22,25)(H,23,24)/t18-/m0/s1. The van der Waals surface area contributed by atoms with Crippen LogP contribution in [0.1, 0.15) is 15.9 Å². The minimum absolute atomic E-state index is 0.283. The number of fused-ring (bicyclic) bond motifs is 1. The van der Waals surface area contributed by atoms with Gasteiger partial charge in [0.05, 0.1) is 6.04 Å². The number of nitrogens with one attached hydrogen (secondary N) is 2. The number of hydroxylamine groups is 1. The topological polar surface area (TPSA) is 104 Å². The van der Waals surface area contributed by atoms with E-state index in [4.69, 9.17) is 10.9 Å². The van der Waals surface area contributed by atoms with Crippen molar-refractivity contribution in [2.75, 3.05) is 5.32 Å². The van der Waals surface area contributed by atoms with Crippen LogP contribution in [0.25, 0.3) is 10.8 Å². The molecule has 3 aromatic carbocycles. The molecule has 6 heteroatoms. The first kappa shape index (κ1) is 17.6. The molecule has 132 valence electrons. The highest BCUT2D eigenvalue weighted by Crippen LogP contribution is 2.17. The molecule has 0 aliphatic carbocycles. The van der Waals surface area contributed by atoms with Crippen LogP contribution in [-0.4, -0.2) is 23.1 Å². The summed E-state index contributed by atoms with van der Waals surface area (Å²) >= 11 is 0. The van der Waals surface area contributed by atoms with Gasteiger partial charge >= 0.3 is 0 Å². The Bertz CT molecular complexity index is 938. The van der Waals surface area contributed by atoms with Crippen molar-refractivity contribution in [2.24, 2.45) is 5.73 Å². The van der Waals surface area contributed by atoms with Gasteiger partial charge in [0.15, 0.2) is 0 Å². The third-order valence-electron chi connectivity index (χ3n) is 4.12. The van der Waals surface area contributed by atoms with Gasteiger partial charge in [0.2, 0.25) is 5.91 Å². The Balaban J connectivity index is 1.64. The van der Waals surface area contributed by atoms with E-state index in [1.54, 1.807) is 17.6 Å².